The Morgan fingerprint density at radius 2 is 2.38 bits per heavy atom. The van der Waals surface area contributed by atoms with Gasteiger partial charge in [-0.2, -0.15) is 0 Å². The van der Waals surface area contributed by atoms with Crippen molar-refractivity contribution in [3.63, 3.8) is 0 Å². The van der Waals surface area contributed by atoms with Crippen LogP contribution in [0.25, 0.3) is 0 Å². The molecule has 1 aromatic rings. The predicted octanol–water partition coefficient (Wildman–Crippen LogP) is 2.56. The maximum absolute atomic E-state index is 3.53. The van der Waals surface area contributed by atoms with Crippen LogP contribution in [0.2, 0.25) is 0 Å². The Morgan fingerprint density at radius 3 is 2.92 bits per heavy atom. The summed E-state index contributed by atoms with van der Waals surface area (Å²) in [5, 5.41) is 6.57. The van der Waals surface area contributed by atoms with E-state index in [2.05, 4.69) is 44.6 Å². The number of rotatable bonds is 5. The summed E-state index contributed by atoms with van der Waals surface area (Å²) in [6, 6.07) is 2.09. The maximum Gasteiger partial charge on any atom is 0.105 e. The van der Waals surface area contributed by atoms with Gasteiger partial charge in [0.05, 0.1) is 4.47 Å². The van der Waals surface area contributed by atoms with Crippen molar-refractivity contribution in [1.82, 2.24) is 5.32 Å². The second-order valence-electron chi connectivity index (χ2n) is 2.95. The summed E-state index contributed by atoms with van der Waals surface area (Å²) in [6.45, 7) is 2.17. The van der Waals surface area contributed by atoms with Crippen LogP contribution in [0.15, 0.2) is 15.9 Å². The van der Waals surface area contributed by atoms with E-state index in [0.717, 1.165) is 13.1 Å². The van der Waals surface area contributed by atoms with Crippen molar-refractivity contribution in [2.75, 3.05) is 32.1 Å². The highest BCUT2D eigenvalue weighted by molar-refractivity contribution is 9.10. The van der Waals surface area contributed by atoms with Crippen LogP contribution in [0.3, 0.4) is 0 Å². The molecule has 0 saturated carbocycles. The number of nitrogens with zero attached hydrogens (tertiary/aromatic N) is 1. The van der Waals surface area contributed by atoms with Gasteiger partial charge in [-0.25, -0.2) is 0 Å². The van der Waals surface area contributed by atoms with E-state index in [0.29, 0.717) is 0 Å². The SMILES string of the molecule is CNCCCN(C)c1sccc1Br. The molecule has 1 aromatic heterocycles. The average molecular weight is 263 g/mol. The minimum Gasteiger partial charge on any atom is -0.366 e. The Labute approximate surface area is 92.1 Å². The van der Waals surface area contributed by atoms with E-state index in [9.17, 15) is 0 Å². The van der Waals surface area contributed by atoms with Crippen LogP contribution >= 0.6 is 27.3 Å². The summed E-state index contributed by atoms with van der Waals surface area (Å²) < 4.78 is 1.20. The molecule has 1 rings (SSSR count). The summed E-state index contributed by atoms with van der Waals surface area (Å²) in [5.41, 5.74) is 0. The lowest BCUT2D eigenvalue weighted by atomic mass is 10.4. The first kappa shape index (κ1) is 11.0. The second-order valence-corrected chi connectivity index (χ2v) is 4.70. The van der Waals surface area contributed by atoms with Gasteiger partial charge >= 0.3 is 0 Å². The molecule has 13 heavy (non-hydrogen) atoms. The van der Waals surface area contributed by atoms with E-state index in [4.69, 9.17) is 0 Å². The maximum atomic E-state index is 3.53. The van der Waals surface area contributed by atoms with Crippen molar-refractivity contribution in [2.45, 2.75) is 6.42 Å². The summed E-state index contributed by atoms with van der Waals surface area (Å²) in [6.07, 6.45) is 1.18. The molecule has 0 radical (unpaired) electrons. The molecule has 74 valence electrons. The van der Waals surface area contributed by atoms with E-state index in [1.165, 1.54) is 15.9 Å². The summed E-state index contributed by atoms with van der Waals surface area (Å²) in [7, 11) is 4.12. The van der Waals surface area contributed by atoms with Gasteiger partial charge in [-0.1, -0.05) is 0 Å². The molecule has 0 aliphatic heterocycles. The monoisotopic (exact) mass is 262 g/mol. The quantitative estimate of drug-likeness (QED) is 0.821. The van der Waals surface area contributed by atoms with Gasteiger partial charge < -0.3 is 10.2 Å². The Balaban J connectivity index is 2.39. The molecule has 0 unspecified atom stereocenters. The lowest BCUT2D eigenvalue weighted by Crippen LogP contribution is -2.21. The summed E-state index contributed by atoms with van der Waals surface area (Å²) in [4.78, 5) is 2.28. The molecule has 0 fully saturated rings. The predicted molar refractivity (Wildman–Crippen MR) is 63.8 cm³/mol. The lowest BCUT2D eigenvalue weighted by Gasteiger charge is -2.17. The topological polar surface area (TPSA) is 15.3 Å². The van der Waals surface area contributed by atoms with Gasteiger partial charge in [0, 0.05) is 13.6 Å². The van der Waals surface area contributed by atoms with Gasteiger partial charge in [0.2, 0.25) is 0 Å². The minimum absolute atomic E-state index is 1.08. The van der Waals surface area contributed by atoms with Crippen LogP contribution in [0.1, 0.15) is 6.42 Å². The van der Waals surface area contributed by atoms with Gasteiger partial charge in [-0.3, -0.25) is 0 Å². The molecule has 0 amide bonds. The zero-order valence-corrected chi connectivity index (χ0v) is 10.4. The fourth-order valence-electron chi connectivity index (χ4n) is 1.15. The molecule has 0 aliphatic carbocycles. The van der Waals surface area contributed by atoms with Crippen LogP contribution in [-0.4, -0.2) is 27.2 Å². The number of hydrogen-bond acceptors (Lipinski definition) is 3. The molecular weight excluding hydrogens is 248 g/mol. The Bertz CT molecular complexity index is 250. The molecule has 0 spiro atoms. The highest BCUT2D eigenvalue weighted by Gasteiger charge is 2.05. The van der Waals surface area contributed by atoms with Crippen molar-refractivity contribution in [1.29, 1.82) is 0 Å². The third-order valence-corrected chi connectivity index (χ3v) is 3.79. The van der Waals surface area contributed by atoms with E-state index in [-0.39, 0.29) is 0 Å². The average Bonchev–Trinajstić information content (AvgIpc) is 2.52. The van der Waals surface area contributed by atoms with Gasteiger partial charge in [0.1, 0.15) is 5.00 Å². The largest absolute Gasteiger partial charge is 0.366 e. The van der Waals surface area contributed by atoms with Crippen molar-refractivity contribution >= 4 is 32.3 Å². The highest BCUT2D eigenvalue weighted by atomic mass is 79.9. The molecule has 0 saturated heterocycles. The summed E-state index contributed by atoms with van der Waals surface area (Å²) in [5.74, 6) is 0. The lowest BCUT2D eigenvalue weighted by molar-refractivity contribution is 0.714. The Kier molecular flexibility index (Phi) is 4.77. The molecule has 0 bridgehead atoms. The third-order valence-electron chi connectivity index (χ3n) is 1.87. The van der Waals surface area contributed by atoms with E-state index >= 15 is 0 Å². The molecule has 2 nitrogen and oxygen atoms in total. The Morgan fingerprint density at radius 1 is 1.62 bits per heavy atom. The third kappa shape index (κ3) is 3.29. The fourth-order valence-corrected chi connectivity index (χ4v) is 2.83. The number of halogens is 1. The molecule has 0 aliphatic rings. The van der Waals surface area contributed by atoms with Crippen LogP contribution < -0.4 is 10.2 Å². The smallest absolute Gasteiger partial charge is 0.105 e. The first-order valence-corrected chi connectivity index (χ1v) is 6.01. The summed E-state index contributed by atoms with van der Waals surface area (Å²) >= 11 is 5.30. The standard InChI is InChI=1S/C9H15BrN2S/c1-11-5-3-6-12(2)9-8(10)4-7-13-9/h4,7,11H,3,5-6H2,1-2H3. The second kappa shape index (κ2) is 5.62. The zero-order chi connectivity index (χ0) is 9.68. The van der Waals surface area contributed by atoms with E-state index in [1.54, 1.807) is 11.3 Å². The molecule has 0 atom stereocenters. The van der Waals surface area contributed by atoms with Gasteiger partial charge in [0.15, 0.2) is 0 Å². The minimum atomic E-state index is 1.08. The number of hydrogen-bond donors (Lipinski definition) is 1. The van der Waals surface area contributed by atoms with Crippen LogP contribution in [0.5, 0.6) is 0 Å². The zero-order valence-electron chi connectivity index (χ0n) is 8.01. The molecule has 1 heterocycles. The number of thiophene rings is 1. The molecular formula is C9H15BrN2S. The normalized spacial score (nSPS) is 10.4. The highest BCUT2D eigenvalue weighted by Crippen LogP contribution is 2.31. The van der Waals surface area contributed by atoms with Crippen molar-refractivity contribution in [3.05, 3.63) is 15.9 Å². The molecule has 4 heteroatoms. The van der Waals surface area contributed by atoms with Crippen molar-refractivity contribution in [3.8, 4) is 0 Å². The number of nitrogens with one attached hydrogen (secondary N) is 1. The van der Waals surface area contributed by atoms with E-state index in [1.807, 2.05) is 7.05 Å². The van der Waals surface area contributed by atoms with Crippen LogP contribution in [0.4, 0.5) is 5.00 Å². The Hall–Kier alpha value is -0.0600. The van der Waals surface area contributed by atoms with Crippen molar-refractivity contribution in [2.24, 2.45) is 0 Å². The van der Waals surface area contributed by atoms with Crippen LogP contribution in [0, 0.1) is 0 Å². The first-order chi connectivity index (χ1) is 6.25. The van der Waals surface area contributed by atoms with E-state index < -0.39 is 0 Å². The molecule has 1 N–H and O–H groups in total. The fraction of sp³-hybridized carbons (Fsp3) is 0.556. The van der Waals surface area contributed by atoms with Crippen molar-refractivity contribution < 1.29 is 0 Å². The molecule has 0 aromatic carbocycles. The van der Waals surface area contributed by atoms with Gasteiger partial charge in [-0.05, 0) is 47.4 Å². The first-order valence-electron chi connectivity index (χ1n) is 4.34. The van der Waals surface area contributed by atoms with Crippen LogP contribution in [-0.2, 0) is 0 Å². The number of anilines is 1. The van der Waals surface area contributed by atoms with Gasteiger partial charge in [-0.15, -0.1) is 11.3 Å². The van der Waals surface area contributed by atoms with Gasteiger partial charge in [0.25, 0.3) is 0 Å².